The molecule has 5 aromatic carbocycles. The van der Waals surface area contributed by atoms with Crippen molar-refractivity contribution >= 4 is 39.6 Å². The van der Waals surface area contributed by atoms with Gasteiger partial charge in [-0.3, -0.25) is 14.5 Å². The fourth-order valence-corrected chi connectivity index (χ4v) is 8.93. The summed E-state index contributed by atoms with van der Waals surface area (Å²) in [5.74, 6) is 0.153. The third-order valence-electron chi connectivity index (χ3n) is 11.2. The molecule has 1 N–H and O–H groups in total. The lowest BCUT2D eigenvalue weighted by Crippen LogP contribution is -2.45. The maximum absolute atomic E-state index is 15.1. The Hall–Kier alpha value is -4.98. The first-order chi connectivity index (χ1) is 23.7. The van der Waals surface area contributed by atoms with E-state index in [0.717, 1.165) is 44.6 Å². The Kier molecular flexibility index (Phi) is 7.39. The lowest BCUT2D eigenvalue weighted by molar-refractivity contribution is -0.146. The average Bonchev–Trinajstić information content (AvgIpc) is 3.67. The van der Waals surface area contributed by atoms with Crippen molar-refractivity contribution in [3.63, 3.8) is 0 Å². The van der Waals surface area contributed by atoms with Crippen LogP contribution in [0.2, 0.25) is 0 Å². The van der Waals surface area contributed by atoms with E-state index in [9.17, 15) is 9.90 Å². The normalized spacial score (nSPS) is 22.8. The molecule has 0 radical (unpaired) electrons. The second-order valence-electron chi connectivity index (χ2n) is 14.1. The van der Waals surface area contributed by atoms with E-state index >= 15 is 4.79 Å². The van der Waals surface area contributed by atoms with Crippen LogP contribution < -0.4 is 14.5 Å². The second kappa shape index (κ2) is 11.6. The van der Waals surface area contributed by atoms with Gasteiger partial charge in [-0.1, -0.05) is 87.5 Å². The molecule has 1 spiro atoms. The van der Waals surface area contributed by atoms with Crippen LogP contribution in [-0.4, -0.2) is 36.7 Å². The average molecular weight is 653 g/mol. The molecule has 3 aliphatic rings. The van der Waals surface area contributed by atoms with E-state index < -0.39 is 17.1 Å². The highest BCUT2D eigenvalue weighted by Gasteiger charge is 2.66. The largest absolute Gasteiger partial charge is 0.497 e. The summed E-state index contributed by atoms with van der Waals surface area (Å²) in [6.07, 6.45) is -0.0140. The quantitative estimate of drug-likeness (QED) is 0.184. The van der Waals surface area contributed by atoms with E-state index in [-0.39, 0.29) is 30.3 Å². The lowest BCUT2D eigenvalue weighted by atomic mass is 9.63. The second-order valence-corrected chi connectivity index (χ2v) is 14.1. The third-order valence-corrected chi connectivity index (χ3v) is 11.2. The number of amides is 2. The molecule has 1 saturated heterocycles. The van der Waals surface area contributed by atoms with Crippen molar-refractivity contribution in [2.45, 2.75) is 50.9 Å². The Morgan fingerprint density at radius 3 is 2.33 bits per heavy atom. The molecule has 4 atom stereocenters. The monoisotopic (exact) mass is 652 g/mol. The first kappa shape index (κ1) is 31.3. The molecule has 49 heavy (non-hydrogen) atoms. The van der Waals surface area contributed by atoms with E-state index in [1.54, 1.807) is 12.0 Å². The zero-order chi connectivity index (χ0) is 34.1. The highest BCUT2D eigenvalue weighted by molar-refractivity contribution is 6.28. The number of nitrogens with zero attached hydrogens (tertiary/aromatic N) is 2. The summed E-state index contributed by atoms with van der Waals surface area (Å²) in [4.78, 5) is 32.7. The van der Waals surface area contributed by atoms with Crippen LogP contribution in [0.4, 0.5) is 17.1 Å². The SMILES string of the molecule is COc1ccc(C(C)(C)[C@@H]2[C@@H](CCO)O[C@]3(C(=O)N(Cc4ccccc4)c4ccc(N5C(=O)c6cccc7cccc5c67)cc43)[C@H]2C)cc1. The van der Waals surface area contributed by atoms with Gasteiger partial charge in [-0.25, -0.2) is 0 Å². The number of carbonyl (C=O) groups excluding carboxylic acids is 2. The van der Waals surface area contributed by atoms with Crippen LogP contribution in [0.25, 0.3) is 10.8 Å². The summed E-state index contributed by atoms with van der Waals surface area (Å²) in [5.41, 5.74) is 4.07. The minimum Gasteiger partial charge on any atom is -0.497 e. The van der Waals surface area contributed by atoms with Gasteiger partial charge in [-0.2, -0.15) is 0 Å². The van der Waals surface area contributed by atoms with Crippen LogP contribution in [0.1, 0.15) is 54.2 Å². The Bertz CT molecular complexity index is 2090. The summed E-state index contributed by atoms with van der Waals surface area (Å²) in [6.45, 7) is 6.83. The highest BCUT2D eigenvalue weighted by atomic mass is 16.5. The molecule has 0 aromatic heterocycles. The number of aliphatic hydroxyl groups excluding tert-OH is 1. The van der Waals surface area contributed by atoms with Crippen LogP contribution in [0.3, 0.4) is 0 Å². The van der Waals surface area contributed by atoms with Crippen LogP contribution in [0.5, 0.6) is 5.75 Å². The zero-order valence-electron chi connectivity index (χ0n) is 28.2. The van der Waals surface area contributed by atoms with E-state index in [0.29, 0.717) is 24.2 Å². The van der Waals surface area contributed by atoms with E-state index in [2.05, 4.69) is 32.9 Å². The fraction of sp³-hybridized carbons (Fsp3) is 0.286. The minimum absolute atomic E-state index is 0.0674. The predicted molar refractivity (Wildman–Crippen MR) is 191 cm³/mol. The minimum atomic E-state index is -1.32. The Morgan fingerprint density at radius 2 is 1.61 bits per heavy atom. The molecular formula is C42H40N2O5. The molecule has 1 fully saturated rings. The molecule has 248 valence electrons. The first-order valence-electron chi connectivity index (χ1n) is 17.0. The number of rotatable bonds is 8. The predicted octanol–water partition coefficient (Wildman–Crippen LogP) is 7.89. The smallest absolute Gasteiger partial charge is 0.264 e. The van der Waals surface area contributed by atoms with Crippen LogP contribution in [-0.2, 0) is 27.1 Å². The molecule has 0 bridgehead atoms. The zero-order valence-corrected chi connectivity index (χ0v) is 28.2. The van der Waals surface area contributed by atoms with Crippen LogP contribution >= 0.6 is 0 Å². The lowest BCUT2D eigenvalue weighted by Gasteiger charge is -2.38. The number of hydrogen-bond acceptors (Lipinski definition) is 5. The standard InChI is InChI=1S/C42H40N2O5/c1-26-38(41(2,3)29-16-19-31(48-4)20-17-29)36(22-23-45)49-42(26)33-24-30(18-21-34(33)43(40(42)47)25-27-10-6-5-7-11-27)44-35-15-9-13-28-12-8-14-32(37(28)35)39(44)46/h5-21,24,26,36,38,45H,22-23,25H2,1-4H3/t26-,36+,38-,42+/m0/s1. The molecule has 2 amide bonds. The van der Waals surface area contributed by atoms with Gasteiger partial charge in [0.2, 0.25) is 0 Å². The summed E-state index contributed by atoms with van der Waals surface area (Å²) in [5, 5.41) is 12.3. The topological polar surface area (TPSA) is 79.3 Å². The third kappa shape index (κ3) is 4.56. The van der Waals surface area contributed by atoms with Crippen LogP contribution in [0.15, 0.2) is 109 Å². The molecule has 5 aromatic rings. The molecule has 3 heterocycles. The summed E-state index contributed by atoms with van der Waals surface area (Å²) < 4.78 is 12.6. The van der Waals surface area contributed by atoms with Gasteiger partial charge in [0.15, 0.2) is 5.60 Å². The van der Waals surface area contributed by atoms with Gasteiger partial charge in [-0.15, -0.1) is 0 Å². The molecule has 0 saturated carbocycles. The van der Waals surface area contributed by atoms with Gasteiger partial charge < -0.3 is 19.5 Å². The number of carbonyl (C=O) groups is 2. The summed E-state index contributed by atoms with van der Waals surface area (Å²) in [6, 6.07) is 35.8. The molecule has 3 aliphatic heterocycles. The molecule has 0 aliphatic carbocycles. The van der Waals surface area contributed by atoms with Crippen LogP contribution in [0, 0.1) is 11.8 Å². The number of hydrogen-bond donors (Lipinski definition) is 1. The molecule has 8 rings (SSSR count). The number of methoxy groups -OCH3 is 1. The Morgan fingerprint density at radius 1 is 0.878 bits per heavy atom. The van der Waals surface area contributed by atoms with E-state index in [4.69, 9.17) is 9.47 Å². The Balaban J connectivity index is 1.28. The van der Waals surface area contributed by atoms with Crippen molar-refractivity contribution in [1.82, 2.24) is 0 Å². The highest BCUT2D eigenvalue weighted by Crippen LogP contribution is 2.60. The fourth-order valence-electron chi connectivity index (χ4n) is 8.93. The van der Waals surface area contributed by atoms with Crippen molar-refractivity contribution in [1.29, 1.82) is 0 Å². The number of benzene rings is 5. The van der Waals surface area contributed by atoms with Crippen molar-refractivity contribution in [2.75, 3.05) is 23.5 Å². The first-order valence-corrected chi connectivity index (χ1v) is 17.0. The maximum atomic E-state index is 15.1. The molecule has 7 nitrogen and oxygen atoms in total. The summed E-state index contributed by atoms with van der Waals surface area (Å²) in [7, 11) is 1.65. The summed E-state index contributed by atoms with van der Waals surface area (Å²) >= 11 is 0. The van der Waals surface area contributed by atoms with Crippen molar-refractivity contribution in [3.8, 4) is 5.75 Å². The van der Waals surface area contributed by atoms with Crippen molar-refractivity contribution in [3.05, 3.63) is 131 Å². The van der Waals surface area contributed by atoms with Crippen molar-refractivity contribution < 1.29 is 24.2 Å². The molecule has 0 unspecified atom stereocenters. The van der Waals surface area contributed by atoms with Gasteiger partial charge in [0.05, 0.1) is 36.7 Å². The van der Waals surface area contributed by atoms with Gasteiger partial charge in [0.1, 0.15) is 5.75 Å². The van der Waals surface area contributed by atoms with Gasteiger partial charge in [-0.05, 0) is 70.8 Å². The number of anilines is 3. The van der Waals surface area contributed by atoms with E-state index in [1.807, 2.05) is 102 Å². The van der Waals surface area contributed by atoms with E-state index in [1.165, 1.54) is 0 Å². The van der Waals surface area contributed by atoms with Gasteiger partial charge >= 0.3 is 0 Å². The molecular weight excluding hydrogens is 612 g/mol. The number of aliphatic hydroxyl groups is 1. The number of fused-ring (bicyclic) bond motifs is 2. The molecule has 7 heteroatoms. The van der Waals surface area contributed by atoms with Gasteiger partial charge in [0.25, 0.3) is 11.8 Å². The maximum Gasteiger partial charge on any atom is 0.264 e. The van der Waals surface area contributed by atoms with Gasteiger partial charge in [0, 0.05) is 35.1 Å². The van der Waals surface area contributed by atoms with Crippen molar-refractivity contribution in [2.24, 2.45) is 11.8 Å². The number of ether oxygens (including phenoxy) is 2. The Labute approximate surface area is 286 Å².